The molecular formula is C11H21NO. The lowest BCUT2D eigenvalue weighted by Gasteiger charge is -2.28. The van der Waals surface area contributed by atoms with Gasteiger partial charge in [-0.15, -0.1) is 0 Å². The van der Waals surface area contributed by atoms with Crippen LogP contribution in [0, 0.1) is 5.41 Å². The van der Waals surface area contributed by atoms with E-state index >= 15 is 0 Å². The van der Waals surface area contributed by atoms with E-state index in [0.717, 1.165) is 12.6 Å². The van der Waals surface area contributed by atoms with Crippen LogP contribution in [0.15, 0.2) is 0 Å². The van der Waals surface area contributed by atoms with Crippen molar-refractivity contribution < 1.29 is 4.74 Å². The standard InChI is InChI=1S/C11H21NO/c1-13-9-11(6-2-3-7-11)8-12-10-4-5-10/h10,12H,2-9H2,1H3. The average Bonchev–Trinajstić information content (AvgIpc) is 2.85. The van der Waals surface area contributed by atoms with Gasteiger partial charge in [0, 0.05) is 25.1 Å². The molecular weight excluding hydrogens is 162 g/mol. The first kappa shape index (κ1) is 9.47. The minimum absolute atomic E-state index is 0.483. The van der Waals surface area contributed by atoms with Crippen LogP contribution in [0.3, 0.4) is 0 Å². The van der Waals surface area contributed by atoms with Crippen molar-refractivity contribution in [3.63, 3.8) is 0 Å². The molecule has 2 nitrogen and oxygen atoms in total. The van der Waals surface area contributed by atoms with Gasteiger partial charge in [-0.2, -0.15) is 0 Å². The third-order valence-electron chi connectivity index (χ3n) is 3.46. The molecule has 0 spiro atoms. The molecule has 0 radical (unpaired) electrons. The van der Waals surface area contributed by atoms with Crippen LogP contribution in [0.1, 0.15) is 38.5 Å². The molecule has 0 aliphatic heterocycles. The van der Waals surface area contributed by atoms with Gasteiger partial charge in [-0.05, 0) is 25.7 Å². The SMILES string of the molecule is COCC1(CNC2CC2)CCCC1. The summed E-state index contributed by atoms with van der Waals surface area (Å²) in [5.41, 5.74) is 0.483. The predicted molar refractivity (Wildman–Crippen MR) is 53.8 cm³/mol. The van der Waals surface area contributed by atoms with Crippen LogP contribution in [-0.2, 0) is 4.74 Å². The number of hydrogen-bond donors (Lipinski definition) is 1. The molecule has 2 aliphatic carbocycles. The highest BCUT2D eigenvalue weighted by Crippen LogP contribution is 2.38. The highest BCUT2D eigenvalue weighted by molar-refractivity contribution is 4.90. The smallest absolute Gasteiger partial charge is 0.0530 e. The van der Waals surface area contributed by atoms with Crippen molar-refractivity contribution >= 4 is 0 Å². The zero-order valence-corrected chi connectivity index (χ0v) is 8.64. The first-order valence-corrected chi connectivity index (χ1v) is 5.57. The van der Waals surface area contributed by atoms with E-state index in [1.54, 1.807) is 0 Å². The quantitative estimate of drug-likeness (QED) is 0.703. The van der Waals surface area contributed by atoms with E-state index in [2.05, 4.69) is 5.32 Å². The monoisotopic (exact) mass is 183 g/mol. The molecule has 2 saturated carbocycles. The maximum atomic E-state index is 5.34. The van der Waals surface area contributed by atoms with Gasteiger partial charge in [0.05, 0.1) is 6.61 Å². The van der Waals surface area contributed by atoms with E-state index in [1.165, 1.54) is 45.1 Å². The fraction of sp³-hybridized carbons (Fsp3) is 1.00. The van der Waals surface area contributed by atoms with E-state index in [1.807, 2.05) is 7.11 Å². The van der Waals surface area contributed by atoms with Gasteiger partial charge in [0.25, 0.3) is 0 Å². The Hall–Kier alpha value is -0.0800. The summed E-state index contributed by atoms with van der Waals surface area (Å²) < 4.78 is 5.34. The fourth-order valence-electron chi connectivity index (χ4n) is 2.45. The normalized spacial score (nSPS) is 26.5. The van der Waals surface area contributed by atoms with Crippen LogP contribution in [0.25, 0.3) is 0 Å². The predicted octanol–water partition coefficient (Wildman–Crippen LogP) is 1.95. The highest BCUT2D eigenvalue weighted by Gasteiger charge is 2.35. The molecule has 2 rings (SSSR count). The first-order chi connectivity index (χ1) is 6.35. The summed E-state index contributed by atoms with van der Waals surface area (Å²) in [6, 6.07) is 0.842. The second-order valence-electron chi connectivity index (χ2n) is 4.80. The van der Waals surface area contributed by atoms with Crippen molar-refractivity contribution in [1.82, 2.24) is 5.32 Å². The maximum Gasteiger partial charge on any atom is 0.0530 e. The summed E-state index contributed by atoms with van der Waals surface area (Å²) in [5, 5.41) is 3.64. The third kappa shape index (κ3) is 2.44. The van der Waals surface area contributed by atoms with Gasteiger partial charge < -0.3 is 10.1 Å². The lowest BCUT2D eigenvalue weighted by molar-refractivity contribution is 0.0824. The molecule has 1 N–H and O–H groups in total. The molecule has 0 amide bonds. The molecule has 76 valence electrons. The maximum absolute atomic E-state index is 5.34. The number of rotatable bonds is 5. The second kappa shape index (κ2) is 3.97. The Bertz CT molecular complexity index is 159. The van der Waals surface area contributed by atoms with Crippen molar-refractivity contribution in [2.24, 2.45) is 5.41 Å². The average molecular weight is 183 g/mol. The molecule has 0 aromatic carbocycles. The van der Waals surface area contributed by atoms with E-state index < -0.39 is 0 Å². The van der Waals surface area contributed by atoms with Crippen molar-refractivity contribution in [1.29, 1.82) is 0 Å². The van der Waals surface area contributed by atoms with Crippen LogP contribution in [-0.4, -0.2) is 26.3 Å². The first-order valence-electron chi connectivity index (χ1n) is 5.57. The molecule has 2 heteroatoms. The van der Waals surface area contributed by atoms with Crippen LogP contribution in [0.2, 0.25) is 0 Å². The number of hydrogen-bond acceptors (Lipinski definition) is 2. The fourth-order valence-corrected chi connectivity index (χ4v) is 2.45. The Labute approximate surface area is 81.0 Å². The summed E-state index contributed by atoms with van der Waals surface area (Å²) in [6.45, 7) is 2.14. The van der Waals surface area contributed by atoms with Crippen LogP contribution >= 0.6 is 0 Å². The van der Waals surface area contributed by atoms with Crippen molar-refractivity contribution in [2.45, 2.75) is 44.6 Å². The molecule has 0 bridgehead atoms. The lowest BCUT2D eigenvalue weighted by atomic mass is 9.87. The van der Waals surface area contributed by atoms with Gasteiger partial charge in [0.15, 0.2) is 0 Å². The highest BCUT2D eigenvalue weighted by atomic mass is 16.5. The molecule has 2 aliphatic rings. The van der Waals surface area contributed by atoms with E-state index in [4.69, 9.17) is 4.74 Å². The molecule has 2 fully saturated rings. The molecule has 0 aromatic heterocycles. The number of methoxy groups -OCH3 is 1. The van der Waals surface area contributed by atoms with Gasteiger partial charge >= 0.3 is 0 Å². The number of ether oxygens (including phenoxy) is 1. The van der Waals surface area contributed by atoms with E-state index in [9.17, 15) is 0 Å². The summed E-state index contributed by atoms with van der Waals surface area (Å²) >= 11 is 0. The van der Waals surface area contributed by atoms with Gasteiger partial charge in [-0.25, -0.2) is 0 Å². The molecule has 0 heterocycles. The summed E-state index contributed by atoms with van der Waals surface area (Å²) in [5.74, 6) is 0. The third-order valence-corrected chi connectivity index (χ3v) is 3.46. The minimum atomic E-state index is 0.483. The molecule has 0 atom stereocenters. The Morgan fingerprint density at radius 1 is 1.31 bits per heavy atom. The zero-order valence-electron chi connectivity index (χ0n) is 8.64. The number of nitrogens with one attached hydrogen (secondary N) is 1. The topological polar surface area (TPSA) is 21.3 Å². The molecule has 0 aromatic rings. The van der Waals surface area contributed by atoms with Crippen molar-refractivity contribution in [2.75, 3.05) is 20.3 Å². The molecule has 0 unspecified atom stereocenters. The van der Waals surface area contributed by atoms with Gasteiger partial charge in [0.1, 0.15) is 0 Å². The Balaban J connectivity index is 1.79. The van der Waals surface area contributed by atoms with Crippen molar-refractivity contribution in [3.8, 4) is 0 Å². The van der Waals surface area contributed by atoms with E-state index in [-0.39, 0.29) is 0 Å². The van der Waals surface area contributed by atoms with Crippen molar-refractivity contribution in [3.05, 3.63) is 0 Å². The van der Waals surface area contributed by atoms with Crippen LogP contribution in [0.5, 0.6) is 0 Å². The Kier molecular flexibility index (Phi) is 2.89. The zero-order chi connectivity index (χ0) is 9.15. The molecule has 13 heavy (non-hydrogen) atoms. The van der Waals surface area contributed by atoms with Gasteiger partial charge in [0.2, 0.25) is 0 Å². The van der Waals surface area contributed by atoms with Crippen LogP contribution < -0.4 is 5.32 Å². The summed E-state index contributed by atoms with van der Waals surface area (Å²) in [4.78, 5) is 0. The summed E-state index contributed by atoms with van der Waals surface area (Å²) in [6.07, 6.45) is 8.30. The summed E-state index contributed by atoms with van der Waals surface area (Å²) in [7, 11) is 1.83. The van der Waals surface area contributed by atoms with Crippen LogP contribution in [0.4, 0.5) is 0 Å². The minimum Gasteiger partial charge on any atom is -0.384 e. The molecule has 0 saturated heterocycles. The largest absolute Gasteiger partial charge is 0.384 e. The second-order valence-corrected chi connectivity index (χ2v) is 4.80. The van der Waals surface area contributed by atoms with Gasteiger partial charge in [-0.1, -0.05) is 12.8 Å². The Morgan fingerprint density at radius 3 is 2.54 bits per heavy atom. The lowest BCUT2D eigenvalue weighted by Crippen LogP contribution is -2.36. The Morgan fingerprint density at radius 2 is 2.00 bits per heavy atom. The van der Waals surface area contributed by atoms with Gasteiger partial charge in [-0.3, -0.25) is 0 Å². The van der Waals surface area contributed by atoms with E-state index in [0.29, 0.717) is 5.41 Å².